The van der Waals surface area contributed by atoms with Gasteiger partial charge >= 0.3 is 0 Å². The lowest BCUT2D eigenvalue weighted by Gasteiger charge is -2.19. The lowest BCUT2D eigenvalue weighted by molar-refractivity contribution is -0.114. The van der Waals surface area contributed by atoms with Crippen molar-refractivity contribution in [2.45, 2.75) is 44.4 Å². The van der Waals surface area contributed by atoms with E-state index in [1.807, 2.05) is 35.0 Å². The summed E-state index contributed by atoms with van der Waals surface area (Å²) in [4.78, 5) is 24.2. The third-order valence-corrected chi connectivity index (χ3v) is 6.53. The van der Waals surface area contributed by atoms with Crippen molar-refractivity contribution >= 4 is 39.5 Å². The van der Waals surface area contributed by atoms with Gasteiger partial charge in [0.05, 0.1) is 23.0 Å². The van der Waals surface area contributed by atoms with Crippen LogP contribution in [0.4, 0.5) is 11.6 Å². The van der Waals surface area contributed by atoms with E-state index < -0.39 is 12.2 Å². The van der Waals surface area contributed by atoms with Crippen LogP contribution in [-0.4, -0.2) is 47.8 Å². The maximum absolute atomic E-state index is 11.3. The number of fused-ring (bicyclic) bond motifs is 2. The summed E-state index contributed by atoms with van der Waals surface area (Å²) >= 11 is 0. The van der Waals surface area contributed by atoms with Crippen LogP contribution in [0, 0.1) is 5.92 Å². The van der Waals surface area contributed by atoms with E-state index in [0.29, 0.717) is 23.7 Å². The zero-order chi connectivity index (χ0) is 23.1. The highest BCUT2D eigenvalue weighted by Gasteiger charge is 2.42. The van der Waals surface area contributed by atoms with Crippen molar-refractivity contribution in [3.8, 4) is 0 Å². The highest BCUT2D eigenvalue weighted by molar-refractivity contribution is 5.90. The normalized spacial score (nSPS) is 22.8. The van der Waals surface area contributed by atoms with Gasteiger partial charge in [0.25, 0.3) is 0 Å². The number of nitrogens with one attached hydrogen (secondary N) is 1. The van der Waals surface area contributed by atoms with E-state index in [2.05, 4.69) is 26.3 Å². The molecule has 1 aromatic carbocycles. The summed E-state index contributed by atoms with van der Waals surface area (Å²) in [7, 11) is 0. The molecule has 5 N–H and O–H groups in total. The summed E-state index contributed by atoms with van der Waals surface area (Å²) in [5.41, 5.74) is 8.50. The molecule has 0 spiro atoms. The Hall–Kier alpha value is -3.56. The highest BCUT2D eigenvalue weighted by atomic mass is 16.3. The first-order valence-electron chi connectivity index (χ1n) is 11.0. The molecule has 0 aliphatic heterocycles. The zero-order valence-corrected chi connectivity index (χ0v) is 18.2. The molecule has 9 nitrogen and oxygen atoms in total. The number of hydrogen-bond donors (Lipinski definition) is 4. The fraction of sp³-hybridized carbons (Fsp3) is 0.333. The maximum Gasteiger partial charge on any atom is 0.222 e. The topological polar surface area (TPSA) is 139 Å². The summed E-state index contributed by atoms with van der Waals surface area (Å²) < 4.78 is 1.89. The number of carbonyl (C=O) groups excluding carboxylic acids is 1. The van der Waals surface area contributed by atoms with Crippen molar-refractivity contribution in [2.24, 2.45) is 5.92 Å². The van der Waals surface area contributed by atoms with Gasteiger partial charge in [-0.25, -0.2) is 15.0 Å². The molecular formula is C24H26N6O3. The minimum absolute atomic E-state index is 0.0593. The van der Waals surface area contributed by atoms with Gasteiger partial charge < -0.3 is 25.8 Å². The number of aliphatic hydroxyl groups is 2. The molecule has 170 valence electrons. The molecule has 4 aromatic rings. The lowest BCUT2D eigenvalue weighted by atomic mass is 9.95. The van der Waals surface area contributed by atoms with Crippen LogP contribution in [-0.2, 0) is 11.2 Å². The molecule has 1 saturated carbocycles. The minimum atomic E-state index is -0.889. The third kappa shape index (κ3) is 4.01. The Labute approximate surface area is 190 Å². The zero-order valence-electron chi connectivity index (χ0n) is 18.2. The van der Waals surface area contributed by atoms with Crippen LogP contribution >= 0.6 is 0 Å². The minimum Gasteiger partial charge on any atom is -0.390 e. The van der Waals surface area contributed by atoms with Crippen LogP contribution in [0.3, 0.4) is 0 Å². The van der Waals surface area contributed by atoms with Gasteiger partial charge in [-0.05, 0) is 55.0 Å². The van der Waals surface area contributed by atoms with Crippen molar-refractivity contribution in [1.82, 2.24) is 19.5 Å². The van der Waals surface area contributed by atoms with Crippen LogP contribution in [0.25, 0.3) is 21.9 Å². The van der Waals surface area contributed by atoms with Crippen molar-refractivity contribution in [1.29, 1.82) is 0 Å². The number of aryl methyl sites for hydroxylation is 1. The van der Waals surface area contributed by atoms with Gasteiger partial charge in [-0.2, -0.15) is 0 Å². The number of amides is 1. The predicted octanol–water partition coefficient (Wildman–Crippen LogP) is 2.44. The van der Waals surface area contributed by atoms with Crippen LogP contribution in [0.2, 0.25) is 0 Å². The van der Waals surface area contributed by atoms with Crippen LogP contribution in [0.15, 0.2) is 48.9 Å². The number of benzene rings is 1. The Morgan fingerprint density at radius 2 is 2.00 bits per heavy atom. The molecule has 5 rings (SSSR count). The van der Waals surface area contributed by atoms with Crippen molar-refractivity contribution in [2.75, 3.05) is 11.1 Å². The van der Waals surface area contributed by atoms with E-state index in [1.54, 1.807) is 6.07 Å². The Morgan fingerprint density at radius 3 is 2.82 bits per heavy atom. The first-order valence-corrected chi connectivity index (χ1v) is 11.0. The number of carbonyl (C=O) groups is 1. The molecule has 0 unspecified atom stereocenters. The number of rotatable bonds is 5. The molecule has 33 heavy (non-hydrogen) atoms. The summed E-state index contributed by atoms with van der Waals surface area (Å²) in [6.45, 7) is 1.45. The highest BCUT2D eigenvalue weighted by Crippen LogP contribution is 2.39. The van der Waals surface area contributed by atoms with Gasteiger partial charge in [-0.3, -0.25) is 4.79 Å². The number of hydrogen-bond acceptors (Lipinski definition) is 7. The summed E-state index contributed by atoms with van der Waals surface area (Å²) in [5.74, 6) is 0.699. The molecule has 1 aliphatic carbocycles. The Balaban J connectivity index is 1.32. The van der Waals surface area contributed by atoms with E-state index in [1.165, 1.54) is 13.3 Å². The Kier molecular flexibility index (Phi) is 5.43. The Morgan fingerprint density at radius 1 is 1.18 bits per heavy atom. The van der Waals surface area contributed by atoms with E-state index in [9.17, 15) is 15.0 Å². The van der Waals surface area contributed by atoms with Crippen LogP contribution in [0.1, 0.15) is 31.4 Å². The average Bonchev–Trinajstić information content (AvgIpc) is 3.34. The van der Waals surface area contributed by atoms with Gasteiger partial charge in [-0.15, -0.1) is 0 Å². The summed E-state index contributed by atoms with van der Waals surface area (Å²) in [6, 6.07) is 11.3. The molecule has 1 aliphatic rings. The molecule has 3 aromatic heterocycles. The average molecular weight is 447 g/mol. The van der Waals surface area contributed by atoms with Crippen molar-refractivity contribution < 1.29 is 15.0 Å². The van der Waals surface area contributed by atoms with Crippen molar-refractivity contribution in [3.63, 3.8) is 0 Å². The summed E-state index contributed by atoms with van der Waals surface area (Å²) in [6.07, 6.45) is 3.65. The van der Waals surface area contributed by atoms with E-state index in [0.717, 1.165) is 34.7 Å². The fourth-order valence-electron chi connectivity index (χ4n) is 4.84. The first-order chi connectivity index (χ1) is 15.9. The number of pyridine rings is 1. The fourth-order valence-corrected chi connectivity index (χ4v) is 4.84. The summed E-state index contributed by atoms with van der Waals surface area (Å²) in [5, 5.41) is 26.0. The molecular weight excluding hydrogens is 420 g/mol. The monoisotopic (exact) mass is 446 g/mol. The van der Waals surface area contributed by atoms with Gasteiger partial charge in [0.15, 0.2) is 0 Å². The SMILES string of the molecule is CC(=O)Nc1ccc2ccc(CC[C@H]3C[C@@H](n4ccc5c(N)ncnc54)[C@H](O)[C@@H]3O)cc2n1. The van der Waals surface area contributed by atoms with Gasteiger partial charge in [0.2, 0.25) is 5.91 Å². The second-order valence-electron chi connectivity index (χ2n) is 8.71. The first kappa shape index (κ1) is 21.3. The number of nitrogen functional groups attached to an aromatic ring is 1. The Bertz CT molecular complexity index is 1340. The third-order valence-electron chi connectivity index (χ3n) is 6.53. The number of anilines is 2. The molecule has 0 radical (unpaired) electrons. The second kappa shape index (κ2) is 8.42. The standard InChI is InChI=1S/C24H26N6O3/c1-13(31)28-20-7-6-15-4-2-14(10-18(15)29-20)3-5-16-11-19(22(33)21(16)32)30-9-8-17-23(25)26-12-27-24(17)30/h2,4,6-10,12,16,19,21-22,32-33H,3,5,11H2,1H3,(H2,25,26,27)(H,28,29,31)/t16-,19+,21+,22-/m0/s1. The number of aliphatic hydroxyl groups excluding tert-OH is 2. The van der Waals surface area contributed by atoms with Crippen molar-refractivity contribution in [3.05, 3.63) is 54.5 Å². The van der Waals surface area contributed by atoms with Gasteiger partial charge in [0, 0.05) is 18.5 Å². The van der Waals surface area contributed by atoms with E-state index >= 15 is 0 Å². The van der Waals surface area contributed by atoms with Crippen LogP contribution in [0.5, 0.6) is 0 Å². The van der Waals surface area contributed by atoms with Crippen LogP contribution < -0.4 is 11.1 Å². The van der Waals surface area contributed by atoms with E-state index in [-0.39, 0.29) is 17.9 Å². The van der Waals surface area contributed by atoms with Gasteiger partial charge in [0.1, 0.15) is 29.7 Å². The number of nitrogens with two attached hydrogens (primary N) is 1. The molecule has 4 atom stereocenters. The largest absolute Gasteiger partial charge is 0.390 e. The number of aromatic nitrogens is 4. The molecule has 9 heteroatoms. The molecule has 3 heterocycles. The maximum atomic E-state index is 11.3. The smallest absolute Gasteiger partial charge is 0.222 e. The second-order valence-corrected chi connectivity index (χ2v) is 8.71. The molecule has 0 bridgehead atoms. The molecule has 0 saturated heterocycles. The quantitative estimate of drug-likeness (QED) is 0.369. The molecule has 1 fully saturated rings. The lowest BCUT2D eigenvalue weighted by Crippen LogP contribution is -2.29. The molecule has 1 amide bonds. The predicted molar refractivity (Wildman–Crippen MR) is 125 cm³/mol. The van der Waals surface area contributed by atoms with E-state index in [4.69, 9.17) is 5.73 Å². The number of nitrogens with zero attached hydrogens (tertiary/aromatic N) is 4. The van der Waals surface area contributed by atoms with Gasteiger partial charge in [-0.1, -0.05) is 12.1 Å².